The highest BCUT2D eigenvalue weighted by molar-refractivity contribution is 9.10. The zero-order chi connectivity index (χ0) is 13.6. The van der Waals surface area contributed by atoms with Gasteiger partial charge in [0.05, 0.1) is 0 Å². The van der Waals surface area contributed by atoms with Crippen LogP contribution < -0.4 is 4.73 Å². The summed E-state index contributed by atoms with van der Waals surface area (Å²) in [7, 11) is 1.79. The third-order valence-electron chi connectivity index (χ3n) is 2.99. The maximum atomic E-state index is 12.1. The standard InChI is InChI=1S/C13H11BrN4O/c1-8-12-13(17(2)16-8)15-11(7-18(12)19)9-3-5-10(14)6-4-9/h3-7H,1-2H3. The summed E-state index contributed by atoms with van der Waals surface area (Å²) in [4.78, 5) is 4.52. The lowest BCUT2D eigenvalue weighted by atomic mass is 10.2. The van der Waals surface area contributed by atoms with Gasteiger partial charge in [-0.15, -0.1) is 0 Å². The molecule has 1 aromatic carbocycles. The van der Waals surface area contributed by atoms with Gasteiger partial charge in [-0.05, 0) is 19.1 Å². The predicted octanol–water partition coefficient (Wildman–Crippen LogP) is 2.34. The molecule has 3 rings (SSSR count). The summed E-state index contributed by atoms with van der Waals surface area (Å²) in [5.74, 6) is 0. The fourth-order valence-electron chi connectivity index (χ4n) is 2.10. The van der Waals surface area contributed by atoms with Crippen LogP contribution in [0.2, 0.25) is 0 Å². The van der Waals surface area contributed by atoms with E-state index in [2.05, 4.69) is 26.0 Å². The van der Waals surface area contributed by atoms with Crippen LogP contribution in [-0.4, -0.2) is 14.8 Å². The molecule has 0 saturated carbocycles. The molecule has 0 atom stereocenters. The van der Waals surface area contributed by atoms with Crippen LogP contribution in [0.5, 0.6) is 0 Å². The van der Waals surface area contributed by atoms with Crippen LogP contribution in [0.1, 0.15) is 5.69 Å². The molecule has 6 heteroatoms. The molecule has 0 aliphatic carbocycles. The molecule has 0 radical (unpaired) electrons. The van der Waals surface area contributed by atoms with Crippen LogP contribution in [0.4, 0.5) is 0 Å². The van der Waals surface area contributed by atoms with Crippen LogP contribution in [0, 0.1) is 12.1 Å². The van der Waals surface area contributed by atoms with E-state index in [-0.39, 0.29) is 0 Å². The lowest BCUT2D eigenvalue weighted by molar-refractivity contribution is -0.577. The van der Waals surface area contributed by atoms with Crippen LogP contribution >= 0.6 is 15.9 Å². The SMILES string of the molecule is Cc1nn(C)c2nc(-c3ccc(Br)cc3)c[n+]([O-])c12. The molecule has 0 bridgehead atoms. The molecule has 0 aliphatic heterocycles. The smallest absolute Gasteiger partial charge is 0.284 e. The van der Waals surface area contributed by atoms with Crippen molar-refractivity contribution in [3.63, 3.8) is 0 Å². The number of halogens is 1. The third-order valence-corrected chi connectivity index (χ3v) is 3.52. The topological polar surface area (TPSA) is 57.7 Å². The molecule has 0 spiro atoms. The van der Waals surface area contributed by atoms with Crippen LogP contribution in [0.3, 0.4) is 0 Å². The van der Waals surface area contributed by atoms with Crippen molar-refractivity contribution < 1.29 is 4.73 Å². The molecular formula is C13H11BrN4O. The first-order chi connectivity index (χ1) is 9.06. The summed E-state index contributed by atoms with van der Waals surface area (Å²) in [5, 5.41) is 16.3. The Balaban J connectivity index is 2.26. The van der Waals surface area contributed by atoms with Crippen molar-refractivity contribution >= 4 is 27.1 Å². The Morgan fingerprint density at radius 2 is 1.95 bits per heavy atom. The highest BCUT2D eigenvalue weighted by atomic mass is 79.9. The minimum absolute atomic E-state index is 0.517. The van der Waals surface area contributed by atoms with Gasteiger partial charge >= 0.3 is 0 Å². The molecule has 5 nitrogen and oxygen atoms in total. The van der Waals surface area contributed by atoms with E-state index >= 15 is 0 Å². The largest absolute Gasteiger partial charge is 0.618 e. The summed E-state index contributed by atoms with van der Waals surface area (Å²) in [6.45, 7) is 1.80. The molecule has 0 saturated heterocycles. The van der Waals surface area contributed by atoms with Crippen LogP contribution in [0.15, 0.2) is 34.9 Å². The first-order valence-corrected chi connectivity index (χ1v) is 6.55. The zero-order valence-electron chi connectivity index (χ0n) is 10.5. The quantitative estimate of drug-likeness (QED) is 0.511. The van der Waals surface area contributed by atoms with Gasteiger partial charge in [-0.3, -0.25) is 0 Å². The monoisotopic (exact) mass is 318 g/mol. The Kier molecular flexibility index (Phi) is 2.74. The summed E-state index contributed by atoms with van der Waals surface area (Å²) < 4.78 is 3.45. The first kappa shape index (κ1) is 12.1. The number of hydrogen-bond acceptors (Lipinski definition) is 3. The number of aryl methyl sites for hydroxylation is 2. The van der Waals surface area contributed by atoms with Gasteiger partial charge in [0, 0.05) is 17.1 Å². The van der Waals surface area contributed by atoms with E-state index in [1.165, 1.54) is 6.20 Å². The van der Waals surface area contributed by atoms with E-state index in [0.29, 0.717) is 22.6 Å². The normalized spacial score (nSPS) is 11.1. The van der Waals surface area contributed by atoms with Crippen molar-refractivity contribution in [2.24, 2.45) is 7.05 Å². The van der Waals surface area contributed by atoms with Crippen molar-refractivity contribution in [3.05, 3.63) is 45.8 Å². The number of aromatic nitrogens is 4. The lowest BCUT2D eigenvalue weighted by Gasteiger charge is -2.03. The Labute approximate surface area is 118 Å². The minimum Gasteiger partial charge on any atom is -0.618 e. The highest BCUT2D eigenvalue weighted by Gasteiger charge is 2.17. The molecule has 0 N–H and O–H groups in total. The maximum Gasteiger partial charge on any atom is 0.284 e. The maximum absolute atomic E-state index is 12.1. The molecule has 0 unspecified atom stereocenters. The number of rotatable bonds is 1. The zero-order valence-corrected chi connectivity index (χ0v) is 12.0. The van der Waals surface area contributed by atoms with E-state index < -0.39 is 0 Å². The Bertz CT molecular complexity index is 764. The minimum atomic E-state index is 0.517. The summed E-state index contributed by atoms with van der Waals surface area (Å²) in [6, 6.07) is 7.68. The van der Waals surface area contributed by atoms with Crippen molar-refractivity contribution in [2.45, 2.75) is 6.92 Å². The van der Waals surface area contributed by atoms with E-state index in [1.54, 1.807) is 18.7 Å². The van der Waals surface area contributed by atoms with Gasteiger partial charge in [-0.2, -0.15) is 9.83 Å². The Morgan fingerprint density at radius 1 is 1.26 bits per heavy atom. The highest BCUT2D eigenvalue weighted by Crippen LogP contribution is 2.21. The number of benzene rings is 1. The van der Waals surface area contributed by atoms with Gasteiger partial charge in [0.25, 0.3) is 5.52 Å². The predicted molar refractivity (Wildman–Crippen MR) is 75.3 cm³/mol. The average Bonchev–Trinajstić information content (AvgIpc) is 2.66. The van der Waals surface area contributed by atoms with Crippen molar-refractivity contribution in [1.82, 2.24) is 14.8 Å². The van der Waals surface area contributed by atoms with E-state index in [9.17, 15) is 5.21 Å². The second-order valence-corrected chi connectivity index (χ2v) is 5.26. The molecule has 2 heterocycles. The summed E-state index contributed by atoms with van der Waals surface area (Å²) >= 11 is 3.39. The molecule has 96 valence electrons. The third kappa shape index (κ3) is 1.98. The molecule has 0 aliphatic rings. The number of hydrogen-bond donors (Lipinski definition) is 0. The summed E-state index contributed by atoms with van der Waals surface area (Å²) in [6.07, 6.45) is 1.49. The van der Waals surface area contributed by atoms with Crippen LogP contribution in [0.25, 0.3) is 22.4 Å². The second kappa shape index (κ2) is 4.31. The average molecular weight is 319 g/mol. The lowest BCUT2D eigenvalue weighted by Crippen LogP contribution is -2.27. The number of nitrogens with zero attached hydrogens (tertiary/aromatic N) is 4. The van der Waals surface area contributed by atoms with Gasteiger partial charge < -0.3 is 5.21 Å². The fraction of sp³-hybridized carbons (Fsp3) is 0.154. The first-order valence-electron chi connectivity index (χ1n) is 5.76. The van der Waals surface area contributed by atoms with E-state index in [1.807, 2.05) is 24.3 Å². The van der Waals surface area contributed by atoms with Crippen molar-refractivity contribution in [1.29, 1.82) is 0 Å². The van der Waals surface area contributed by atoms with Gasteiger partial charge in [0.1, 0.15) is 11.4 Å². The molecule has 0 fully saturated rings. The molecule has 0 amide bonds. The van der Waals surface area contributed by atoms with Crippen LogP contribution in [-0.2, 0) is 7.05 Å². The Morgan fingerprint density at radius 3 is 2.63 bits per heavy atom. The summed E-state index contributed by atoms with van der Waals surface area (Å²) in [5.41, 5.74) is 3.32. The molecule has 3 aromatic rings. The van der Waals surface area contributed by atoms with Crippen molar-refractivity contribution in [3.8, 4) is 11.3 Å². The van der Waals surface area contributed by atoms with Gasteiger partial charge in [-0.1, -0.05) is 28.1 Å². The molecule has 19 heavy (non-hydrogen) atoms. The van der Waals surface area contributed by atoms with E-state index in [0.717, 1.165) is 14.8 Å². The molecular weight excluding hydrogens is 308 g/mol. The van der Waals surface area contributed by atoms with Crippen molar-refractivity contribution in [2.75, 3.05) is 0 Å². The Hall–Kier alpha value is -1.95. The van der Waals surface area contributed by atoms with Gasteiger partial charge in [-0.25, -0.2) is 9.67 Å². The van der Waals surface area contributed by atoms with Gasteiger partial charge in [0.2, 0.25) is 11.8 Å². The fourth-order valence-corrected chi connectivity index (χ4v) is 2.36. The second-order valence-electron chi connectivity index (χ2n) is 4.34. The molecule has 2 aromatic heterocycles. The van der Waals surface area contributed by atoms with E-state index in [4.69, 9.17) is 0 Å². The van der Waals surface area contributed by atoms with Gasteiger partial charge in [0.15, 0.2) is 0 Å². The number of fused-ring (bicyclic) bond motifs is 1.